The first-order valence-corrected chi connectivity index (χ1v) is 9.92. The lowest BCUT2D eigenvalue weighted by molar-refractivity contribution is 0.0974. The van der Waals surface area contributed by atoms with Crippen LogP contribution in [0.15, 0.2) is 83.3 Å². The highest BCUT2D eigenvalue weighted by atomic mass is 79.9. The zero-order valence-corrected chi connectivity index (χ0v) is 16.7. The Morgan fingerprint density at radius 3 is 2.37 bits per heavy atom. The number of amides is 1. The number of hydrogen-bond acceptors (Lipinski definition) is 2. The Balaban J connectivity index is 1.68. The van der Waals surface area contributed by atoms with E-state index in [1.54, 1.807) is 0 Å². The Morgan fingerprint density at radius 2 is 1.63 bits per heavy atom. The van der Waals surface area contributed by atoms with Gasteiger partial charge in [0.05, 0.1) is 6.04 Å². The third kappa shape index (κ3) is 3.62. The highest BCUT2D eigenvalue weighted by Crippen LogP contribution is 2.39. The van der Waals surface area contributed by atoms with Crippen LogP contribution in [0.25, 0.3) is 0 Å². The Morgan fingerprint density at radius 1 is 0.963 bits per heavy atom. The van der Waals surface area contributed by atoms with Gasteiger partial charge in [-0.05, 0) is 61.4 Å². The molecule has 1 N–H and O–H groups in total. The number of nitrogens with zero attached hydrogens (tertiary/aromatic N) is 1. The first kappa shape index (κ1) is 17.8. The maximum absolute atomic E-state index is 13.2. The van der Waals surface area contributed by atoms with E-state index in [0.717, 1.165) is 27.8 Å². The van der Waals surface area contributed by atoms with Crippen LogP contribution in [-0.4, -0.2) is 11.9 Å². The summed E-state index contributed by atoms with van der Waals surface area (Å²) in [5, 5.41) is 3.63. The van der Waals surface area contributed by atoms with Gasteiger partial charge in [0, 0.05) is 27.5 Å². The van der Waals surface area contributed by atoms with Gasteiger partial charge < -0.3 is 10.2 Å². The fourth-order valence-corrected chi connectivity index (χ4v) is 3.99. The van der Waals surface area contributed by atoms with Crippen molar-refractivity contribution in [2.24, 2.45) is 0 Å². The monoisotopic (exact) mass is 420 g/mol. The summed E-state index contributed by atoms with van der Waals surface area (Å²) in [6.07, 6.45) is 0.855. The number of halogens is 1. The number of fused-ring (bicyclic) bond motifs is 1. The predicted molar refractivity (Wildman–Crippen MR) is 114 cm³/mol. The molecule has 136 valence electrons. The second kappa shape index (κ2) is 7.57. The van der Waals surface area contributed by atoms with Gasteiger partial charge in [-0.2, -0.15) is 0 Å². The van der Waals surface area contributed by atoms with Crippen LogP contribution in [0.3, 0.4) is 0 Å². The summed E-state index contributed by atoms with van der Waals surface area (Å²) in [4.78, 5) is 15.2. The quantitative estimate of drug-likeness (QED) is 0.559. The molecule has 0 bridgehead atoms. The number of rotatable bonds is 3. The summed E-state index contributed by atoms with van der Waals surface area (Å²) in [7, 11) is 0. The summed E-state index contributed by atoms with van der Waals surface area (Å²) in [5.74, 6) is 0.0422. The Hall–Kier alpha value is -2.59. The molecule has 3 nitrogen and oxygen atoms in total. The minimum atomic E-state index is 0.0422. The molecule has 27 heavy (non-hydrogen) atoms. The van der Waals surface area contributed by atoms with Crippen molar-refractivity contribution in [1.82, 2.24) is 0 Å². The topological polar surface area (TPSA) is 32.3 Å². The van der Waals surface area contributed by atoms with E-state index in [-0.39, 0.29) is 18.0 Å². The highest BCUT2D eigenvalue weighted by Gasteiger charge is 2.34. The first-order chi connectivity index (χ1) is 13.1. The average molecular weight is 421 g/mol. The van der Waals surface area contributed by atoms with E-state index in [2.05, 4.69) is 46.4 Å². The van der Waals surface area contributed by atoms with Crippen molar-refractivity contribution >= 4 is 33.2 Å². The van der Waals surface area contributed by atoms with E-state index in [9.17, 15) is 4.79 Å². The smallest absolute Gasteiger partial charge is 0.258 e. The molecule has 3 aromatic rings. The van der Waals surface area contributed by atoms with Gasteiger partial charge in [0.15, 0.2) is 0 Å². The molecule has 3 aromatic carbocycles. The maximum Gasteiger partial charge on any atom is 0.258 e. The zero-order valence-electron chi connectivity index (χ0n) is 15.1. The third-order valence-electron chi connectivity index (χ3n) is 5.01. The summed E-state index contributed by atoms with van der Waals surface area (Å²) in [6, 6.07) is 26.3. The van der Waals surface area contributed by atoms with Crippen molar-refractivity contribution in [2.75, 3.05) is 10.2 Å². The Bertz CT molecular complexity index is 940. The molecule has 0 fully saturated rings. The minimum Gasteiger partial charge on any atom is -0.378 e. The molecule has 1 amide bonds. The predicted octanol–water partition coefficient (Wildman–Crippen LogP) is 6.04. The van der Waals surface area contributed by atoms with Crippen LogP contribution in [-0.2, 0) is 0 Å². The van der Waals surface area contributed by atoms with Gasteiger partial charge in [0.2, 0.25) is 0 Å². The lowest BCUT2D eigenvalue weighted by atomic mass is 9.90. The minimum absolute atomic E-state index is 0.0422. The van der Waals surface area contributed by atoms with Crippen LogP contribution < -0.4 is 10.2 Å². The van der Waals surface area contributed by atoms with Gasteiger partial charge in [-0.15, -0.1) is 0 Å². The van der Waals surface area contributed by atoms with E-state index >= 15 is 0 Å². The molecule has 0 unspecified atom stereocenters. The first-order valence-electron chi connectivity index (χ1n) is 9.13. The van der Waals surface area contributed by atoms with Gasteiger partial charge in [-0.3, -0.25) is 4.79 Å². The fraction of sp³-hybridized carbons (Fsp3) is 0.174. The molecular formula is C23H21BrN2O. The Labute approximate surface area is 168 Å². The largest absolute Gasteiger partial charge is 0.378 e. The molecular weight excluding hydrogens is 400 g/mol. The molecule has 4 rings (SSSR count). The summed E-state index contributed by atoms with van der Waals surface area (Å²) >= 11 is 3.43. The van der Waals surface area contributed by atoms with Gasteiger partial charge >= 0.3 is 0 Å². The third-order valence-corrected chi connectivity index (χ3v) is 5.54. The van der Waals surface area contributed by atoms with E-state index in [0.29, 0.717) is 5.56 Å². The second-order valence-corrected chi connectivity index (χ2v) is 7.80. The number of para-hydroxylation sites is 2. The molecule has 0 saturated carbocycles. The highest BCUT2D eigenvalue weighted by molar-refractivity contribution is 9.10. The molecule has 1 aliphatic rings. The number of nitrogens with one attached hydrogen (secondary N) is 1. The molecule has 0 aromatic heterocycles. The lowest BCUT2D eigenvalue weighted by Crippen LogP contribution is -2.44. The van der Waals surface area contributed by atoms with Crippen molar-refractivity contribution in [3.63, 3.8) is 0 Å². The summed E-state index contributed by atoms with van der Waals surface area (Å²) in [5.41, 5.74) is 3.94. The Kier molecular flexibility index (Phi) is 4.99. The maximum atomic E-state index is 13.2. The van der Waals surface area contributed by atoms with Crippen molar-refractivity contribution in [2.45, 2.75) is 25.4 Å². The number of benzene rings is 3. The van der Waals surface area contributed by atoms with E-state index < -0.39 is 0 Å². The molecule has 0 saturated heterocycles. The normalized spacial score (nSPS) is 18.7. The number of carbonyl (C=O) groups is 1. The van der Waals surface area contributed by atoms with Gasteiger partial charge in [0.25, 0.3) is 5.91 Å². The van der Waals surface area contributed by atoms with Crippen LogP contribution in [0.2, 0.25) is 0 Å². The second-order valence-electron chi connectivity index (χ2n) is 6.89. The van der Waals surface area contributed by atoms with Crippen LogP contribution in [0.5, 0.6) is 0 Å². The molecule has 0 radical (unpaired) electrons. The molecule has 4 heteroatoms. The number of hydrogen-bond donors (Lipinski definition) is 1. The molecule has 1 heterocycles. The van der Waals surface area contributed by atoms with Crippen LogP contribution >= 0.6 is 15.9 Å². The lowest BCUT2D eigenvalue weighted by Gasteiger charge is -2.40. The summed E-state index contributed by atoms with van der Waals surface area (Å²) < 4.78 is 0.971. The van der Waals surface area contributed by atoms with Crippen molar-refractivity contribution in [3.05, 3.63) is 94.5 Å². The number of anilines is 2. The molecule has 0 aliphatic carbocycles. The van der Waals surface area contributed by atoms with Crippen LogP contribution in [0, 0.1) is 0 Å². The fourth-order valence-electron chi connectivity index (χ4n) is 3.73. The average Bonchev–Trinajstić information content (AvgIpc) is 2.69. The van der Waals surface area contributed by atoms with E-state index in [1.807, 2.05) is 65.6 Å². The van der Waals surface area contributed by atoms with Crippen molar-refractivity contribution in [1.29, 1.82) is 0 Å². The standard InChI is InChI=1S/C23H21BrN2O/c1-16-15-21(25-19-7-3-2-4-8-19)20-9-5-6-10-22(20)26(16)23(27)17-11-13-18(24)14-12-17/h2-14,16,21,25H,15H2,1H3/t16-,21+/m0/s1. The van der Waals surface area contributed by atoms with Crippen LogP contribution in [0.4, 0.5) is 11.4 Å². The van der Waals surface area contributed by atoms with Gasteiger partial charge in [-0.1, -0.05) is 52.3 Å². The van der Waals surface area contributed by atoms with Crippen LogP contribution in [0.1, 0.15) is 35.3 Å². The van der Waals surface area contributed by atoms with Crippen molar-refractivity contribution in [3.8, 4) is 0 Å². The zero-order chi connectivity index (χ0) is 18.8. The van der Waals surface area contributed by atoms with Gasteiger partial charge in [0.1, 0.15) is 0 Å². The van der Waals surface area contributed by atoms with E-state index in [4.69, 9.17) is 0 Å². The van der Waals surface area contributed by atoms with Crippen molar-refractivity contribution < 1.29 is 4.79 Å². The van der Waals surface area contributed by atoms with Gasteiger partial charge in [-0.25, -0.2) is 0 Å². The number of carbonyl (C=O) groups excluding carboxylic acids is 1. The molecule has 1 aliphatic heterocycles. The van der Waals surface area contributed by atoms with E-state index in [1.165, 1.54) is 0 Å². The molecule has 0 spiro atoms. The SMILES string of the molecule is C[C@H]1C[C@@H](Nc2ccccc2)c2ccccc2N1C(=O)c1ccc(Br)cc1. The summed E-state index contributed by atoms with van der Waals surface area (Å²) in [6.45, 7) is 2.12. The molecule has 2 atom stereocenters.